The first-order chi connectivity index (χ1) is 14.9. The fourth-order valence-corrected chi connectivity index (χ4v) is 3.93. The highest BCUT2D eigenvalue weighted by atomic mass is 35.5. The summed E-state index contributed by atoms with van der Waals surface area (Å²) >= 11 is 6.20. The Morgan fingerprint density at radius 2 is 2.29 bits per heavy atom. The summed E-state index contributed by atoms with van der Waals surface area (Å²) < 4.78 is 41.4. The number of ether oxygens (including phenoxy) is 2. The van der Waals surface area contributed by atoms with E-state index in [2.05, 4.69) is 20.1 Å². The highest BCUT2D eigenvalue weighted by Crippen LogP contribution is 2.40. The lowest BCUT2D eigenvalue weighted by Crippen LogP contribution is -2.41. The van der Waals surface area contributed by atoms with Crippen LogP contribution < -0.4 is 5.84 Å². The maximum Gasteiger partial charge on any atom is 0.291 e. The van der Waals surface area contributed by atoms with Crippen molar-refractivity contribution in [1.29, 1.82) is 0 Å². The molecule has 3 heterocycles. The van der Waals surface area contributed by atoms with Crippen molar-refractivity contribution in [2.24, 2.45) is 15.9 Å². The topological polar surface area (TPSA) is 99.9 Å². The zero-order valence-electron chi connectivity index (χ0n) is 16.8. The highest BCUT2D eigenvalue weighted by Gasteiger charge is 2.45. The number of alkyl halides is 2. The number of nitrogens with zero attached hydrogens (tertiary/aromatic N) is 5. The van der Waals surface area contributed by atoms with Crippen LogP contribution in [0.5, 0.6) is 0 Å². The van der Waals surface area contributed by atoms with Crippen molar-refractivity contribution < 1.29 is 18.3 Å². The van der Waals surface area contributed by atoms with E-state index >= 15 is 0 Å². The molecule has 31 heavy (non-hydrogen) atoms. The highest BCUT2D eigenvalue weighted by molar-refractivity contribution is 6.32. The first-order valence-corrected chi connectivity index (χ1v) is 9.98. The van der Waals surface area contributed by atoms with Gasteiger partial charge in [0.25, 0.3) is 5.92 Å². The van der Waals surface area contributed by atoms with Crippen LogP contribution in [-0.4, -0.2) is 59.3 Å². The molecule has 2 aromatic heterocycles. The predicted molar refractivity (Wildman–Crippen MR) is 115 cm³/mol. The van der Waals surface area contributed by atoms with E-state index in [0.29, 0.717) is 38.5 Å². The molecule has 1 fully saturated rings. The quantitative estimate of drug-likeness (QED) is 0.352. The second kappa shape index (κ2) is 8.81. The van der Waals surface area contributed by atoms with E-state index in [1.165, 1.54) is 13.3 Å². The number of pyridine rings is 1. The van der Waals surface area contributed by atoms with Gasteiger partial charge in [-0.15, -0.1) is 0 Å². The third kappa shape index (κ3) is 4.23. The van der Waals surface area contributed by atoms with Crippen molar-refractivity contribution in [2.75, 3.05) is 26.9 Å². The van der Waals surface area contributed by atoms with E-state index < -0.39 is 18.6 Å². The van der Waals surface area contributed by atoms with Gasteiger partial charge >= 0.3 is 0 Å². The molecule has 11 heteroatoms. The second-order valence-corrected chi connectivity index (χ2v) is 7.63. The van der Waals surface area contributed by atoms with Crippen molar-refractivity contribution in [1.82, 2.24) is 14.5 Å². The first-order valence-electron chi connectivity index (χ1n) is 9.60. The van der Waals surface area contributed by atoms with Crippen molar-refractivity contribution in [3.05, 3.63) is 35.2 Å². The molecule has 2 N–H and O–H groups in total. The van der Waals surface area contributed by atoms with Gasteiger partial charge in [0.2, 0.25) is 0 Å². The Labute approximate surface area is 181 Å². The van der Waals surface area contributed by atoms with Crippen molar-refractivity contribution in [3.63, 3.8) is 0 Å². The number of hydrogen-bond donors (Lipinski definition) is 1. The maximum absolute atomic E-state index is 14.9. The maximum atomic E-state index is 14.9. The van der Waals surface area contributed by atoms with Crippen LogP contribution in [-0.2, 0) is 16.0 Å². The van der Waals surface area contributed by atoms with Gasteiger partial charge in [-0.05, 0) is 24.6 Å². The SMILES string of the molecule is COCC(C=NCc1nc2cnc3ccc(Cl)cc3c2n1C1CCOCC1(F)F)=NN. The molecule has 0 saturated carbocycles. The summed E-state index contributed by atoms with van der Waals surface area (Å²) in [6.07, 6.45) is 3.16. The van der Waals surface area contributed by atoms with Crippen LogP contribution in [0.2, 0.25) is 5.02 Å². The van der Waals surface area contributed by atoms with Crippen LogP contribution in [0.3, 0.4) is 0 Å². The minimum absolute atomic E-state index is 0.0485. The van der Waals surface area contributed by atoms with Gasteiger partial charge in [0.05, 0.1) is 30.4 Å². The van der Waals surface area contributed by atoms with Gasteiger partial charge < -0.3 is 19.9 Å². The van der Waals surface area contributed by atoms with E-state index in [-0.39, 0.29) is 26.2 Å². The Morgan fingerprint density at radius 1 is 1.45 bits per heavy atom. The van der Waals surface area contributed by atoms with Gasteiger partial charge in [-0.1, -0.05) is 11.6 Å². The second-order valence-electron chi connectivity index (χ2n) is 7.19. The normalized spacial score (nSPS) is 19.6. The number of methoxy groups -OCH3 is 1. The molecule has 1 aliphatic rings. The van der Waals surface area contributed by atoms with E-state index in [9.17, 15) is 8.78 Å². The number of halogens is 3. The molecule has 1 unspecified atom stereocenters. The molecule has 0 aliphatic carbocycles. The Balaban J connectivity index is 1.88. The van der Waals surface area contributed by atoms with Crippen LogP contribution in [0, 0.1) is 0 Å². The van der Waals surface area contributed by atoms with E-state index in [4.69, 9.17) is 26.9 Å². The summed E-state index contributed by atoms with van der Waals surface area (Å²) in [5, 5.41) is 4.73. The van der Waals surface area contributed by atoms with Crippen LogP contribution in [0.25, 0.3) is 21.9 Å². The molecule has 3 aromatic rings. The Kier molecular flexibility index (Phi) is 6.12. The molecule has 164 valence electrons. The van der Waals surface area contributed by atoms with Gasteiger partial charge in [-0.2, -0.15) is 5.10 Å². The summed E-state index contributed by atoms with van der Waals surface area (Å²) in [5.74, 6) is 2.63. The third-order valence-electron chi connectivity index (χ3n) is 5.11. The van der Waals surface area contributed by atoms with E-state index in [1.807, 2.05) is 0 Å². The fraction of sp³-hybridized carbons (Fsp3) is 0.400. The van der Waals surface area contributed by atoms with E-state index in [0.717, 1.165) is 0 Å². The minimum Gasteiger partial charge on any atom is -0.378 e. The molecular weight excluding hydrogens is 430 g/mol. The summed E-state index contributed by atoms with van der Waals surface area (Å²) in [7, 11) is 1.51. The number of hydrogen-bond acceptors (Lipinski definition) is 7. The Bertz CT molecular complexity index is 1160. The van der Waals surface area contributed by atoms with E-state index in [1.54, 1.807) is 29.0 Å². The number of fused-ring (bicyclic) bond motifs is 3. The molecule has 1 atom stereocenters. The van der Waals surface area contributed by atoms with Crippen molar-refractivity contribution in [2.45, 2.75) is 24.9 Å². The van der Waals surface area contributed by atoms with Gasteiger partial charge in [0, 0.05) is 30.3 Å². The molecule has 0 amide bonds. The summed E-state index contributed by atoms with van der Waals surface area (Å²) in [4.78, 5) is 13.3. The lowest BCUT2D eigenvalue weighted by atomic mass is 10.0. The average molecular weight is 451 g/mol. The van der Waals surface area contributed by atoms with Gasteiger partial charge in [-0.25, -0.2) is 13.8 Å². The molecule has 1 saturated heterocycles. The van der Waals surface area contributed by atoms with Gasteiger partial charge in [0.1, 0.15) is 29.7 Å². The number of rotatable bonds is 6. The molecule has 1 aliphatic heterocycles. The number of nitrogens with two attached hydrogens (primary N) is 1. The lowest BCUT2D eigenvalue weighted by molar-refractivity contribution is -0.147. The summed E-state index contributed by atoms with van der Waals surface area (Å²) in [5.41, 5.74) is 2.10. The molecule has 1 aromatic carbocycles. The molecule has 0 bridgehead atoms. The lowest BCUT2D eigenvalue weighted by Gasteiger charge is -2.33. The van der Waals surface area contributed by atoms with Crippen LogP contribution in [0.4, 0.5) is 8.78 Å². The number of imidazole rings is 1. The monoisotopic (exact) mass is 450 g/mol. The molecular formula is C20H21ClF2N6O2. The Hall–Kier alpha value is -2.69. The van der Waals surface area contributed by atoms with Gasteiger partial charge in [-0.3, -0.25) is 9.98 Å². The summed E-state index contributed by atoms with van der Waals surface area (Å²) in [6.45, 7) is -0.194. The average Bonchev–Trinajstić information content (AvgIpc) is 3.11. The standard InChI is InChI=1S/C20H21ClF2N6O2/c1-30-10-13(28-24)7-25-9-18-27-16-8-26-15-3-2-12(21)6-14(15)19(16)29(18)17-4-5-31-11-20(17,22)23/h2-3,6-8,17H,4-5,9-11,24H2,1H3. The van der Waals surface area contributed by atoms with Crippen LogP contribution in [0.15, 0.2) is 34.5 Å². The largest absolute Gasteiger partial charge is 0.378 e. The van der Waals surface area contributed by atoms with Crippen LogP contribution in [0.1, 0.15) is 18.3 Å². The number of benzene rings is 1. The Morgan fingerprint density at radius 3 is 3.03 bits per heavy atom. The predicted octanol–water partition coefficient (Wildman–Crippen LogP) is 3.37. The fourth-order valence-electron chi connectivity index (χ4n) is 3.76. The number of hydrazone groups is 1. The smallest absolute Gasteiger partial charge is 0.291 e. The zero-order chi connectivity index (χ0) is 22.0. The van der Waals surface area contributed by atoms with Crippen molar-refractivity contribution in [3.8, 4) is 0 Å². The first kappa shape index (κ1) is 21.5. The van der Waals surface area contributed by atoms with Crippen LogP contribution >= 0.6 is 11.6 Å². The number of aliphatic imine (C=N–C) groups is 1. The molecule has 8 nitrogen and oxygen atoms in total. The van der Waals surface area contributed by atoms with Crippen molar-refractivity contribution >= 4 is 45.5 Å². The zero-order valence-corrected chi connectivity index (χ0v) is 17.5. The molecule has 0 spiro atoms. The number of aromatic nitrogens is 3. The summed E-state index contributed by atoms with van der Waals surface area (Å²) in [6, 6.07) is 4.04. The molecule has 4 rings (SSSR count). The third-order valence-corrected chi connectivity index (χ3v) is 5.35. The van der Waals surface area contributed by atoms with Gasteiger partial charge in [0.15, 0.2) is 0 Å². The minimum atomic E-state index is -3.07. The molecule has 0 radical (unpaired) electrons.